The number of rotatable bonds is 4. The van der Waals surface area contributed by atoms with Gasteiger partial charge in [-0.05, 0) is 61.7 Å². The molecule has 1 amide bonds. The first-order valence-corrected chi connectivity index (χ1v) is 7.09. The minimum atomic E-state index is -0.182. The van der Waals surface area contributed by atoms with Crippen LogP contribution in [0.25, 0.3) is 0 Å². The van der Waals surface area contributed by atoms with E-state index in [1.165, 1.54) is 0 Å². The van der Waals surface area contributed by atoms with E-state index >= 15 is 0 Å². The molecule has 0 heterocycles. The zero-order valence-corrected chi connectivity index (χ0v) is 13.1. The number of anilines is 1. The van der Waals surface area contributed by atoms with Crippen LogP contribution in [-0.4, -0.2) is 12.5 Å². The van der Waals surface area contributed by atoms with Gasteiger partial charge in [0.15, 0.2) is 6.61 Å². The molecule has 0 spiro atoms. The van der Waals surface area contributed by atoms with E-state index in [1.807, 2.05) is 39.0 Å². The van der Waals surface area contributed by atoms with Gasteiger partial charge in [-0.25, -0.2) is 0 Å². The first-order chi connectivity index (χ1) is 9.95. The lowest BCUT2D eigenvalue weighted by molar-refractivity contribution is -0.118. The van der Waals surface area contributed by atoms with Crippen LogP contribution in [0.4, 0.5) is 5.69 Å². The molecule has 4 heteroatoms. The van der Waals surface area contributed by atoms with Gasteiger partial charge in [-0.3, -0.25) is 4.79 Å². The molecule has 21 heavy (non-hydrogen) atoms. The van der Waals surface area contributed by atoms with Crippen molar-refractivity contribution in [3.63, 3.8) is 0 Å². The molecular weight excluding hydrogens is 286 g/mol. The molecule has 0 aliphatic carbocycles. The minimum Gasteiger partial charge on any atom is -0.483 e. The van der Waals surface area contributed by atoms with Gasteiger partial charge in [0.25, 0.3) is 5.91 Å². The highest BCUT2D eigenvalue weighted by Crippen LogP contribution is 2.22. The van der Waals surface area contributed by atoms with Crippen molar-refractivity contribution in [2.45, 2.75) is 20.8 Å². The molecule has 2 rings (SSSR count). The molecule has 0 unspecified atom stereocenters. The van der Waals surface area contributed by atoms with Gasteiger partial charge in [-0.15, -0.1) is 0 Å². The van der Waals surface area contributed by atoms with Crippen LogP contribution in [0.5, 0.6) is 5.75 Å². The molecular formula is C17H18ClNO2. The van der Waals surface area contributed by atoms with Gasteiger partial charge in [0.05, 0.1) is 0 Å². The summed E-state index contributed by atoms with van der Waals surface area (Å²) < 4.78 is 5.53. The Bertz CT molecular complexity index is 668. The number of aryl methyl sites for hydroxylation is 3. The average Bonchev–Trinajstić information content (AvgIpc) is 2.42. The first-order valence-electron chi connectivity index (χ1n) is 6.72. The fourth-order valence-corrected chi connectivity index (χ4v) is 2.20. The van der Waals surface area contributed by atoms with Crippen molar-refractivity contribution in [2.24, 2.45) is 0 Å². The predicted molar refractivity (Wildman–Crippen MR) is 86.2 cm³/mol. The summed E-state index contributed by atoms with van der Waals surface area (Å²) in [6, 6.07) is 11.3. The number of ether oxygens (including phenoxy) is 1. The number of carbonyl (C=O) groups excluding carboxylic acids is 1. The van der Waals surface area contributed by atoms with E-state index in [-0.39, 0.29) is 12.5 Å². The molecule has 0 saturated heterocycles. The topological polar surface area (TPSA) is 38.3 Å². The largest absolute Gasteiger partial charge is 0.483 e. The lowest BCUT2D eigenvalue weighted by Gasteiger charge is -2.11. The third-order valence-electron chi connectivity index (χ3n) is 3.16. The highest BCUT2D eigenvalue weighted by Gasteiger charge is 2.07. The molecule has 2 aromatic rings. The highest BCUT2D eigenvalue weighted by atomic mass is 35.5. The van der Waals surface area contributed by atoms with Gasteiger partial charge in [0.1, 0.15) is 5.75 Å². The van der Waals surface area contributed by atoms with E-state index in [9.17, 15) is 4.79 Å². The first kappa shape index (κ1) is 15.4. The van der Waals surface area contributed by atoms with Crippen molar-refractivity contribution in [3.05, 3.63) is 58.1 Å². The van der Waals surface area contributed by atoms with Crippen LogP contribution < -0.4 is 10.1 Å². The highest BCUT2D eigenvalue weighted by molar-refractivity contribution is 6.30. The van der Waals surface area contributed by atoms with Crippen molar-refractivity contribution in [3.8, 4) is 5.75 Å². The van der Waals surface area contributed by atoms with Gasteiger partial charge >= 0.3 is 0 Å². The fourth-order valence-electron chi connectivity index (χ4n) is 1.97. The molecule has 3 nitrogen and oxygen atoms in total. The Hall–Kier alpha value is -2.00. The van der Waals surface area contributed by atoms with Gasteiger partial charge in [-0.2, -0.15) is 0 Å². The fraction of sp³-hybridized carbons (Fsp3) is 0.235. The van der Waals surface area contributed by atoms with Crippen molar-refractivity contribution in [1.29, 1.82) is 0 Å². The quantitative estimate of drug-likeness (QED) is 0.915. The van der Waals surface area contributed by atoms with E-state index in [0.29, 0.717) is 10.8 Å². The molecule has 0 aliphatic rings. The van der Waals surface area contributed by atoms with Crippen molar-refractivity contribution >= 4 is 23.2 Å². The third-order valence-corrected chi connectivity index (χ3v) is 3.40. The Morgan fingerprint density at radius 3 is 2.57 bits per heavy atom. The Kier molecular flexibility index (Phi) is 4.86. The monoisotopic (exact) mass is 303 g/mol. The van der Waals surface area contributed by atoms with Crippen molar-refractivity contribution in [2.75, 3.05) is 11.9 Å². The van der Waals surface area contributed by atoms with Crippen molar-refractivity contribution in [1.82, 2.24) is 0 Å². The maximum absolute atomic E-state index is 12.0. The molecule has 0 aromatic heterocycles. The summed E-state index contributed by atoms with van der Waals surface area (Å²) in [6.45, 7) is 5.81. The van der Waals surface area contributed by atoms with Crippen LogP contribution >= 0.6 is 11.6 Å². The summed E-state index contributed by atoms with van der Waals surface area (Å²) in [7, 11) is 0. The Morgan fingerprint density at radius 2 is 1.86 bits per heavy atom. The van der Waals surface area contributed by atoms with E-state index in [0.717, 1.165) is 22.4 Å². The molecule has 0 fully saturated rings. The number of halogens is 1. The van der Waals surface area contributed by atoms with Crippen molar-refractivity contribution < 1.29 is 9.53 Å². The number of hydrogen-bond donors (Lipinski definition) is 1. The maximum Gasteiger partial charge on any atom is 0.262 e. The number of carbonyl (C=O) groups is 1. The predicted octanol–water partition coefficient (Wildman–Crippen LogP) is 4.28. The second-order valence-electron chi connectivity index (χ2n) is 5.07. The molecule has 0 radical (unpaired) electrons. The summed E-state index contributed by atoms with van der Waals surface area (Å²) in [5.41, 5.74) is 3.85. The molecule has 0 saturated carbocycles. The van der Waals surface area contributed by atoms with E-state index in [2.05, 4.69) is 5.32 Å². The van der Waals surface area contributed by atoms with Gasteiger partial charge in [0.2, 0.25) is 0 Å². The summed E-state index contributed by atoms with van der Waals surface area (Å²) in [5.74, 6) is 0.480. The zero-order valence-electron chi connectivity index (χ0n) is 12.4. The summed E-state index contributed by atoms with van der Waals surface area (Å²) in [5, 5.41) is 3.51. The molecule has 110 valence electrons. The average molecular weight is 304 g/mol. The lowest BCUT2D eigenvalue weighted by atomic mass is 10.1. The SMILES string of the molecule is Cc1ccc(C)c(NC(=O)COc2ccc(Cl)cc2C)c1. The van der Waals surface area contributed by atoms with Crippen LogP contribution in [0.2, 0.25) is 5.02 Å². The van der Waals surface area contributed by atoms with Crippen LogP contribution in [0.3, 0.4) is 0 Å². The Balaban J connectivity index is 1.97. The van der Waals surface area contributed by atoms with E-state index in [1.54, 1.807) is 18.2 Å². The molecule has 1 N–H and O–H groups in total. The number of benzene rings is 2. The molecule has 0 atom stereocenters. The van der Waals surface area contributed by atoms with E-state index < -0.39 is 0 Å². The van der Waals surface area contributed by atoms with Crippen LogP contribution in [-0.2, 0) is 4.79 Å². The van der Waals surface area contributed by atoms with E-state index in [4.69, 9.17) is 16.3 Å². The minimum absolute atomic E-state index is 0.0319. The van der Waals surface area contributed by atoms with Gasteiger partial charge in [0, 0.05) is 10.7 Å². The lowest BCUT2D eigenvalue weighted by Crippen LogP contribution is -2.21. The molecule has 0 aliphatic heterocycles. The number of amides is 1. The van der Waals surface area contributed by atoms with Crippen LogP contribution in [0.15, 0.2) is 36.4 Å². The van der Waals surface area contributed by atoms with Gasteiger partial charge in [-0.1, -0.05) is 23.7 Å². The summed E-state index contributed by atoms with van der Waals surface area (Å²) in [4.78, 5) is 12.0. The summed E-state index contributed by atoms with van der Waals surface area (Å²) in [6.07, 6.45) is 0. The molecule has 2 aromatic carbocycles. The second-order valence-corrected chi connectivity index (χ2v) is 5.50. The normalized spacial score (nSPS) is 10.3. The maximum atomic E-state index is 12.0. The Morgan fingerprint density at radius 1 is 1.10 bits per heavy atom. The standard InChI is InChI=1S/C17H18ClNO2/c1-11-4-5-12(2)15(8-11)19-17(20)10-21-16-7-6-14(18)9-13(16)3/h4-9H,10H2,1-3H3,(H,19,20). The third kappa shape index (κ3) is 4.23. The number of hydrogen-bond acceptors (Lipinski definition) is 2. The van der Waals surface area contributed by atoms with Crippen LogP contribution in [0, 0.1) is 20.8 Å². The molecule has 0 bridgehead atoms. The number of nitrogens with one attached hydrogen (secondary N) is 1. The van der Waals surface area contributed by atoms with Crippen LogP contribution in [0.1, 0.15) is 16.7 Å². The second kappa shape index (κ2) is 6.64. The smallest absolute Gasteiger partial charge is 0.262 e. The zero-order chi connectivity index (χ0) is 15.4. The Labute approximate surface area is 129 Å². The van der Waals surface area contributed by atoms with Gasteiger partial charge < -0.3 is 10.1 Å². The summed E-state index contributed by atoms with van der Waals surface area (Å²) >= 11 is 5.88.